The van der Waals surface area contributed by atoms with E-state index >= 15 is 0 Å². The molecular formula is C4H6F4O4S. The second kappa shape index (κ2) is 4.72. The Hall–Kier alpha value is -0.410. The van der Waals surface area contributed by atoms with Crippen LogP contribution in [0.3, 0.4) is 0 Å². The highest BCUT2D eigenvalue weighted by molar-refractivity contribution is 7.81. The molecule has 0 unspecified atom stereocenters. The Morgan fingerprint density at radius 2 is 1.69 bits per heavy atom. The summed E-state index contributed by atoms with van der Waals surface area (Å²) in [4.78, 5) is 0. The van der Waals surface area contributed by atoms with Crippen LogP contribution in [0, 0.1) is 0 Å². The molecule has 9 heteroatoms. The van der Waals surface area contributed by atoms with Gasteiger partial charge in [0.1, 0.15) is 6.67 Å². The predicted molar refractivity (Wildman–Crippen MR) is 32.9 cm³/mol. The summed E-state index contributed by atoms with van der Waals surface area (Å²) in [6, 6.07) is 0. The van der Waals surface area contributed by atoms with Crippen molar-refractivity contribution in [2.24, 2.45) is 0 Å². The maximum absolute atomic E-state index is 11.4. The summed E-state index contributed by atoms with van der Waals surface area (Å²) >= 11 is 0. The highest BCUT2D eigenvalue weighted by Crippen LogP contribution is 2.16. The zero-order chi connectivity index (χ0) is 10.5. The third-order valence-corrected chi connectivity index (χ3v) is 1.53. The summed E-state index contributed by atoms with van der Waals surface area (Å²) in [7, 11) is -4.74. The lowest BCUT2D eigenvalue weighted by molar-refractivity contribution is -0.154. The van der Waals surface area contributed by atoms with Gasteiger partial charge in [0.15, 0.2) is 6.61 Å². The molecule has 0 aromatic carbocycles. The van der Waals surface area contributed by atoms with E-state index in [1.165, 1.54) is 0 Å². The van der Waals surface area contributed by atoms with Crippen LogP contribution in [0.2, 0.25) is 0 Å². The minimum atomic E-state index is -4.77. The first-order valence-corrected chi connectivity index (χ1v) is 4.27. The number of halogens is 4. The van der Waals surface area contributed by atoms with Gasteiger partial charge in [0.25, 0.3) is 0 Å². The molecule has 4 nitrogen and oxygen atoms in total. The fourth-order valence-corrected chi connectivity index (χ4v) is 0.920. The molecule has 0 saturated heterocycles. The van der Waals surface area contributed by atoms with E-state index in [-0.39, 0.29) is 0 Å². The lowest BCUT2D eigenvalue weighted by Crippen LogP contribution is -2.22. The van der Waals surface area contributed by atoms with Crippen molar-refractivity contribution in [3.8, 4) is 0 Å². The summed E-state index contributed by atoms with van der Waals surface area (Å²) in [5.74, 6) is 0. The molecule has 0 atom stereocenters. The monoisotopic (exact) mass is 226 g/mol. The molecule has 13 heavy (non-hydrogen) atoms. The summed E-state index contributed by atoms with van der Waals surface area (Å²) in [5, 5.41) is 0. The van der Waals surface area contributed by atoms with Gasteiger partial charge in [-0.25, -0.2) is 12.8 Å². The van der Waals surface area contributed by atoms with Crippen molar-refractivity contribution in [1.82, 2.24) is 0 Å². The SMILES string of the molecule is O=S(=O)(OCCF)OCC(F)(F)F. The molecule has 0 radical (unpaired) electrons. The fraction of sp³-hybridized carbons (Fsp3) is 1.00. The highest BCUT2D eigenvalue weighted by atomic mass is 32.3. The van der Waals surface area contributed by atoms with Crippen LogP contribution in [-0.4, -0.2) is 34.5 Å². The molecule has 0 spiro atoms. The molecule has 0 saturated carbocycles. The molecule has 0 aromatic heterocycles. The molecule has 80 valence electrons. The Balaban J connectivity index is 3.91. The topological polar surface area (TPSA) is 52.6 Å². The van der Waals surface area contributed by atoms with Crippen LogP contribution in [0.4, 0.5) is 17.6 Å². The summed E-state index contributed by atoms with van der Waals surface area (Å²) < 4.78 is 73.2. The van der Waals surface area contributed by atoms with E-state index in [0.717, 1.165) is 0 Å². The Kier molecular flexibility index (Phi) is 4.57. The minimum absolute atomic E-state index is 0.861. The van der Waals surface area contributed by atoms with Crippen LogP contribution >= 0.6 is 0 Å². The molecular weight excluding hydrogens is 220 g/mol. The van der Waals surface area contributed by atoms with Crippen molar-refractivity contribution < 1.29 is 34.3 Å². The standard InChI is InChI=1S/C4H6F4O4S/c5-1-2-11-13(9,10)12-3-4(6,7)8/h1-3H2. The van der Waals surface area contributed by atoms with Crippen LogP contribution in [0.15, 0.2) is 0 Å². The number of rotatable bonds is 5. The van der Waals surface area contributed by atoms with E-state index in [2.05, 4.69) is 8.37 Å². The van der Waals surface area contributed by atoms with E-state index < -0.39 is 36.5 Å². The molecule has 0 aliphatic heterocycles. The number of alkyl halides is 4. The summed E-state index contributed by atoms with van der Waals surface area (Å²) in [6.07, 6.45) is -4.77. The van der Waals surface area contributed by atoms with Crippen LogP contribution in [-0.2, 0) is 18.8 Å². The minimum Gasteiger partial charge on any atom is -0.249 e. The van der Waals surface area contributed by atoms with Crippen LogP contribution in [0.5, 0.6) is 0 Å². The smallest absolute Gasteiger partial charge is 0.249 e. The molecule has 0 bridgehead atoms. The molecule has 0 rings (SSSR count). The zero-order valence-corrected chi connectivity index (χ0v) is 6.99. The van der Waals surface area contributed by atoms with Gasteiger partial charge in [-0.15, -0.1) is 0 Å². The van der Waals surface area contributed by atoms with Crippen molar-refractivity contribution in [3.63, 3.8) is 0 Å². The Morgan fingerprint density at radius 1 is 1.15 bits per heavy atom. The van der Waals surface area contributed by atoms with Crippen molar-refractivity contribution in [2.75, 3.05) is 19.9 Å². The Labute approximate surface area is 71.8 Å². The Morgan fingerprint density at radius 3 is 2.08 bits per heavy atom. The first-order valence-electron chi connectivity index (χ1n) is 2.93. The van der Waals surface area contributed by atoms with Gasteiger partial charge >= 0.3 is 16.6 Å². The predicted octanol–water partition coefficient (Wildman–Crippen LogP) is 0.796. The van der Waals surface area contributed by atoms with Gasteiger partial charge in [0, 0.05) is 0 Å². The second-order valence-corrected chi connectivity index (χ2v) is 3.08. The molecule has 0 amide bonds. The third-order valence-electron chi connectivity index (χ3n) is 0.672. The molecule has 0 aliphatic carbocycles. The molecule has 0 aromatic rings. The maximum atomic E-state index is 11.4. The third kappa shape index (κ3) is 7.94. The van der Waals surface area contributed by atoms with Crippen LogP contribution < -0.4 is 0 Å². The maximum Gasteiger partial charge on any atom is 0.413 e. The van der Waals surface area contributed by atoms with Gasteiger partial charge in [0.2, 0.25) is 0 Å². The molecule has 0 N–H and O–H groups in total. The van der Waals surface area contributed by atoms with E-state index in [9.17, 15) is 26.0 Å². The lowest BCUT2D eigenvalue weighted by atomic mass is 10.7. The van der Waals surface area contributed by atoms with Crippen molar-refractivity contribution >= 4 is 10.4 Å². The van der Waals surface area contributed by atoms with Crippen LogP contribution in [0.25, 0.3) is 0 Å². The van der Waals surface area contributed by atoms with E-state index in [1.54, 1.807) is 0 Å². The van der Waals surface area contributed by atoms with Crippen molar-refractivity contribution in [2.45, 2.75) is 6.18 Å². The first-order chi connectivity index (χ1) is 5.77. The van der Waals surface area contributed by atoms with Crippen molar-refractivity contribution in [3.05, 3.63) is 0 Å². The van der Waals surface area contributed by atoms with Gasteiger partial charge in [-0.05, 0) is 0 Å². The number of hydrogen-bond donors (Lipinski definition) is 0. The van der Waals surface area contributed by atoms with E-state index in [4.69, 9.17) is 0 Å². The average Bonchev–Trinajstić information content (AvgIpc) is 1.97. The Bertz CT molecular complexity index is 233. The normalized spacial score (nSPS) is 13.2. The van der Waals surface area contributed by atoms with Crippen LogP contribution in [0.1, 0.15) is 0 Å². The zero-order valence-electron chi connectivity index (χ0n) is 6.17. The average molecular weight is 226 g/mol. The van der Waals surface area contributed by atoms with Gasteiger partial charge in [0.05, 0.1) is 6.61 Å². The van der Waals surface area contributed by atoms with E-state index in [0.29, 0.717) is 0 Å². The molecule has 0 heterocycles. The fourth-order valence-electron chi connectivity index (χ4n) is 0.307. The van der Waals surface area contributed by atoms with E-state index in [1.807, 2.05) is 0 Å². The summed E-state index contributed by atoms with van der Waals surface area (Å²) in [6.45, 7) is -3.98. The lowest BCUT2D eigenvalue weighted by Gasteiger charge is -2.06. The molecule has 0 aliphatic rings. The quantitative estimate of drug-likeness (QED) is 0.650. The van der Waals surface area contributed by atoms with Gasteiger partial charge < -0.3 is 0 Å². The first kappa shape index (κ1) is 12.6. The number of hydrogen-bond acceptors (Lipinski definition) is 4. The van der Waals surface area contributed by atoms with Gasteiger partial charge in [-0.3, -0.25) is 0 Å². The van der Waals surface area contributed by atoms with Gasteiger partial charge in [-0.2, -0.15) is 21.6 Å². The summed E-state index contributed by atoms with van der Waals surface area (Å²) in [5.41, 5.74) is 0. The highest BCUT2D eigenvalue weighted by Gasteiger charge is 2.31. The molecule has 0 fully saturated rings. The van der Waals surface area contributed by atoms with Crippen molar-refractivity contribution in [1.29, 1.82) is 0 Å². The van der Waals surface area contributed by atoms with Gasteiger partial charge in [-0.1, -0.05) is 0 Å². The second-order valence-electron chi connectivity index (χ2n) is 1.80. The largest absolute Gasteiger partial charge is 0.413 e.